The summed E-state index contributed by atoms with van der Waals surface area (Å²) < 4.78 is 50.2. The molecule has 1 aliphatic heterocycles. The number of piperidine rings is 1. The highest BCUT2D eigenvalue weighted by Crippen LogP contribution is 2.52. The molecule has 7 aromatic carbocycles. The molecule has 2 nitrogen and oxygen atoms in total. The van der Waals surface area contributed by atoms with Crippen molar-refractivity contribution in [3.63, 3.8) is 0 Å². The van der Waals surface area contributed by atoms with Crippen LogP contribution in [0.5, 0.6) is 0 Å². The third kappa shape index (κ3) is 11.4. The fourth-order valence-electron chi connectivity index (χ4n) is 10.2. The van der Waals surface area contributed by atoms with Gasteiger partial charge in [-0.2, -0.15) is 13.2 Å². The minimum Gasteiger partial charge on any atom is -0.358 e. The second kappa shape index (κ2) is 21.3. The van der Waals surface area contributed by atoms with Gasteiger partial charge in [-0.3, -0.25) is 0 Å². The predicted molar refractivity (Wildman–Crippen MR) is 283 cm³/mol. The molecule has 5 heteroatoms. The molecule has 1 aliphatic rings. The molecule has 0 aliphatic carbocycles. The van der Waals surface area contributed by atoms with Crippen LogP contribution in [0, 0.1) is 21.8 Å². The van der Waals surface area contributed by atoms with Crippen LogP contribution in [0.2, 0.25) is 0 Å². The summed E-state index contributed by atoms with van der Waals surface area (Å²) in [6.45, 7) is 9.49. The van der Waals surface area contributed by atoms with E-state index >= 15 is 13.2 Å². The zero-order chi connectivity index (χ0) is 46.6. The van der Waals surface area contributed by atoms with Crippen LogP contribution in [0.1, 0.15) is 73.3 Å². The molecule has 0 amide bonds. The van der Waals surface area contributed by atoms with E-state index < -0.39 is 11.6 Å². The van der Waals surface area contributed by atoms with Gasteiger partial charge >= 0.3 is 6.18 Å². The summed E-state index contributed by atoms with van der Waals surface area (Å²) in [4.78, 5) is 0. The molecule has 1 heterocycles. The number of hydrogen-bond donors (Lipinski definition) is 0. The zero-order valence-corrected chi connectivity index (χ0v) is 41.8. The van der Waals surface area contributed by atoms with E-state index in [9.17, 15) is 0 Å². The number of hydrogen-bond acceptors (Lipinski definition) is 0. The van der Waals surface area contributed by atoms with E-state index in [1.165, 1.54) is 80.3 Å². The molecular weight excluding hydrogens is 842 g/mol. The molecule has 68 heavy (non-hydrogen) atoms. The van der Waals surface area contributed by atoms with Gasteiger partial charge in [0.25, 0.3) is 0 Å². The maximum Gasteiger partial charge on any atom is 0.406 e. The van der Waals surface area contributed by atoms with E-state index in [1.54, 1.807) is 54.6 Å². The van der Waals surface area contributed by atoms with Gasteiger partial charge in [0, 0.05) is 18.3 Å². The number of quaternary nitrogens is 2. The first kappa shape index (κ1) is 51.6. The van der Waals surface area contributed by atoms with Crippen molar-refractivity contribution in [2.24, 2.45) is 0 Å². The summed E-state index contributed by atoms with van der Waals surface area (Å²) in [5.74, 6) is 0. The van der Waals surface area contributed by atoms with E-state index in [1.807, 2.05) is 36.4 Å². The number of unbranched alkanes of at least 4 members (excludes halogenated alkanes) is 3. The smallest absolute Gasteiger partial charge is 0.358 e. The van der Waals surface area contributed by atoms with E-state index in [2.05, 4.69) is 127 Å². The second-order valence-corrected chi connectivity index (χ2v) is 20.6. The molecule has 0 saturated carbocycles. The topological polar surface area (TPSA) is 0 Å². The summed E-state index contributed by atoms with van der Waals surface area (Å²) in [5.41, 5.74) is 9.06. The molecule has 0 bridgehead atoms. The van der Waals surface area contributed by atoms with Gasteiger partial charge in [0.1, 0.15) is 5.41 Å². The van der Waals surface area contributed by atoms with E-state index in [0.717, 1.165) is 49.0 Å². The number of benzene rings is 7. The minimum atomic E-state index is -4.64. The summed E-state index contributed by atoms with van der Waals surface area (Å²) in [6.07, 6.45) is 3.06. The quantitative estimate of drug-likeness (QED) is 0.0416. The van der Waals surface area contributed by atoms with Crippen LogP contribution in [0.25, 0.3) is 44.5 Å². The Morgan fingerprint density at radius 1 is 0.471 bits per heavy atom. The molecular formula is C63H73F3N2. The van der Waals surface area contributed by atoms with Gasteiger partial charge in [0.05, 0.1) is 54.4 Å². The lowest BCUT2D eigenvalue weighted by molar-refractivity contribution is -0.915. The Kier molecular flexibility index (Phi) is 16.1. The zero-order valence-electron chi connectivity index (χ0n) is 41.8. The molecule has 0 N–H and O–H groups in total. The Labute approximate surface area is 407 Å². The standard InChI is InChI=1S/C61H67F3N2.2CH3/c1-46-16-18-47(19-17-46)48-20-22-50(23-21-48)53-30-36-57(37-31-53)60(61(62,63)64,56-14-10-9-11-15-56)58-38-32-54(33-39-58)51-26-24-49(25-27-51)52-28-34-55(35-29-52)59(2)40-44-66(6,45-41-59)43-13-8-7-12-42-65(3,4)5;;/h9-11,14-39H,7-8,12-13,40-45H2,1-6H3;2*1H3/q+2;2*-1. The van der Waals surface area contributed by atoms with Gasteiger partial charge in [-0.25, -0.2) is 0 Å². The lowest BCUT2D eigenvalue weighted by atomic mass is 9.68. The summed E-state index contributed by atoms with van der Waals surface area (Å²) in [6, 6.07) is 56.3. The summed E-state index contributed by atoms with van der Waals surface area (Å²) in [5, 5.41) is 0. The Morgan fingerprint density at radius 3 is 1.19 bits per heavy atom. The van der Waals surface area contributed by atoms with Crippen LogP contribution < -0.4 is 0 Å². The number of rotatable bonds is 15. The molecule has 0 aromatic heterocycles. The van der Waals surface area contributed by atoms with Crippen LogP contribution in [0.4, 0.5) is 13.2 Å². The SMILES string of the molecule is Cc1ccc(-c2ccc(-c3ccc(C(c4ccccc4)(c4ccc(-c5ccc(-c6ccc(C7(C)CC[N+](C)(CCCCCC[N+](C)(C)C)CC7)cc6)cc5)cc4)C(F)(F)F)cc3)cc2)cc1.[CH3-].[CH3-]. The van der Waals surface area contributed by atoms with Crippen molar-refractivity contribution < 1.29 is 22.1 Å². The minimum absolute atomic E-state index is 0. The van der Waals surface area contributed by atoms with Crippen molar-refractivity contribution in [2.75, 3.05) is 54.4 Å². The van der Waals surface area contributed by atoms with Crippen molar-refractivity contribution in [1.82, 2.24) is 0 Å². The van der Waals surface area contributed by atoms with E-state index in [-0.39, 0.29) is 37.0 Å². The van der Waals surface area contributed by atoms with Crippen LogP contribution >= 0.6 is 0 Å². The fraction of sp³-hybridized carbons (Fsp3) is 0.302. The van der Waals surface area contributed by atoms with Gasteiger partial charge in [0.15, 0.2) is 0 Å². The average molecular weight is 915 g/mol. The van der Waals surface area contributed by atoms with Crippen molar-refractivity contribution in [3.05, 3.63) is 219 Å². The molecule has 7 aromatic rings. The Hall–Kier alpha value is -5.75. The van der Waals surface area contributed by atoms with Gasteiger partial charge in [-0.15, -0.1) is 0 Å². The maximum absolute atomic E-state index is 16.0. The molecule has 1 unspecified atom stereocenters. The van der Waals surface area contributed by atoms with Gasteiger partial charge < -0.3 is 23.8 Å². The van der Waals surface area contributed by atoms with Crippen LogP contribution in [-0.4, -0.2) is 69.5 Å². The van der Waals surface area contributed by atoms with Crippen LogP contribution in [0.15, 0.2) is 176 Å². The molecule has 1 fully saturated rings. The summed E-state index contributed by atoms with van der Waals surface area (Å²) in [7, 11) is 9.30. The Morgan fingerprint density at radius 2 is 0.809 bits per heavy atom. The average Bonchev–Trinajstić information content (AvgIpc) is 3.32. The molecule has 1 saturated heterocycles. The fourth-order valence-corrected chi connectivity index (χ4v) is 10.2. The largest absolute Gasteiger partial charge is 0.406 e. The second-order valence-electron chi connectivity index (χ2n) is 20.6. The van der Waals surface area contributed by atoms with Crippen molar-refractivity contribution in [3.8, 4) is 44.5 Å². The third-order valence-corrected chi connectivity index (χ3v) is 14.7. The first-order chi connectivity index (χ1) is 31.6. The van der Waals surface area contributed by atoms with E-state index in [0.29, 0.717) is 0 Å². The van der Waals surface area contributed by atoms with Crippen LogP contribution in [0.3, 0.4) is 0 Å². The molecule has 0 radical (unpaired) electrons. The normalized spacial score (nSPS) is 18.2. The number of halogens is 3. The van der Waals surface area contributed by atoms with E-state index in [4.69, 9.17) is 0 Å². The van der Waals surface area contributed by atoms with Gasteiger partial charge in [-0.05, 0) is 99.4 Å². The van der Waals surface area contributed by atoms with Crippen molar-refractivity contribution in [1.29, 1.82) is 0 Å². The monoisotopic (exact) mass is 915 g/mol. The highest BCUT2D eigenvalue weighted by atomic mass is 19.4. The number of alkyl halides is 3. The molecule has 8 rings (SSSR count). The first-order valence-electron chi connectivity index (χ1n) is 23.9. The Bertz CT molecular complexity index is 2630. The van der Waals surface area contributed by atoms with Crippen molar-refractivity contribution >= 4 is 0 Å². The van der Waals surface area contributed by atoms with Gasteiger partial charge in [0.2, 0.25) is 0 Å². The Balaban J connectivity index is 0.00000381. The molecule has 0 spiro atoms. The third-order valence-electron chi connectivity index (χ3n) is 14.7. The predicted octanol–water partition coefficient (Wildman–Crippen LogP) is 16.2. The lowest BCUT2D eigenvalue weighted by Gasteiger charge is -2.45. The lowest BCUT2D eigenvalue weighted by Crippen LogP contribution is -2.53. The van der Waals surface area contributed by atoms with Crippen molar-refractivity contribution in [2.45, 2.75) is 69.4 Å². The van der Waals surface area contributed by atoms with Gasteiger partial charge in [-0.1, -0.05) is 188 Å². The highest BCUT2D eigenvalue weighted by molar-refractivity contribution is 5.73. The molecule has 356 valence electrons. The van der Waals surface area contributed by atoms with Crippen LogP contribution in [-0.2, 0) is 10.8 Å². The first-order valence-corrected chi connectivity index (χ1v) is 23.9. The number of nitrogens with zero attached hydrogens (tertiary/aromatic N) is 2. The molecule has 1 atom stereocenters. The maximum atomic E-state index is 16.0. The highest BCUT2D eigenvalue weighted by Gasteiger charge is 2.58. The number of likely N-dealkylation sites (tertiary alicyclic amines) is 1. The summed E-state index contributed by atoms with van der Waals surface area (Å²) >= 11 is 0. The number of aryl methyl sites for hydroxylation is 1.